The van der Waals surface area contributed by atoms with Gasteiger partial charge in [0, 0.05) is 31.6 Å². The molecule has 1 atom stereocenters. The van der Waals surface area contributed by atoms with Crippen LogP contribution in [-0.4, -0.2) is 45.9 Å². The topological polar surface area (TPSA) is 49.3 Å². The standard InChI is InChI=1S/C22H32N4O/c1-4-6-12-21(27)26-15-9-13-22(26,3)14-16-25(5-2)20-17-23-18-10-7-8-11-19(18)24-20/h7-8,10-11,17H,4-6,9,12-16H2,1-3H3. The van der Waals surface area contributed by atoms with Gasteiger partial charge in [0.05, 0.1) is 17.2 Å². The fourth-order valence-corrected chi connectivity index (χ4v) is 4.08. The van der Waals surface area contributed by atoms with Crippen molar-refractivity contribution < 1.29 is 4.79 Å². The molecule has 0 N–H and O–H groups in total. The van der Waals surface area contributed by atoms with Gasteiger partial charge < -0.3 is 9.80 Å². The molecule has 0 spiro atoms. The number of carbonyl (C=O) groups is 1. The van der Waals surface area contributed by atoms with Crippen LogP contribution in [0.1, 0.15) is 59.3 Å². The van der Waals surface area contributed by atoms with E-state index >= 15 is 0 Å². The van der Waals surface area contributed by atoms with Crippen LogP contribution < -0.4 is 4.90 Å². The Bertz CT molecular complexity index is 778. The molecule has 146 valence electrons. The summed E-state index contributed by atoms with van der Waals surface area (Å²) in [6.07, 6.45) is 7.77. The number of benzene rings is 1. The number of hydrogen-bond donors (Lipinski definition) is 0. The van der Waals surface area contributed by atoms with Crippen molar-refractivity contribution in [2.45, 2.75) is 64.8 Å². The Morgan fingerprint density at radius 2 is 2.04 bits per heavy atom. The predicted octanol–water partition coefficient (Wildman–Crippen LogP) is 4.42. The smallest absolute Gasteiger partial charge is 0.223 e. The van der Waals surface area contributed by atoms with Crippen LogP contribution in [0, 0.1) is 0 Å². The van der Waals surface area contributed by atoms with Gasteiger partial charge in [0.2, 0.25) is 5.91 Å². The van der Waals surface area contributed by atoms with Gasteiger partial charge in [0.1, 0.15) is 5.82 Å². The molecule has 1 aliphatic heterocycles. The number of likely N-dealkylation sites (tertiary alicyclic amines) is 1. The van der Waals surface area contributed by atoms with Gasteiger partial charge in [-0.3, -0.25) is 9.78 Å². The minimum absolute atomic E-state index is 0.0392. The second-order valence-electron chi connectivity index (χ2n) is 7.80. The fraction of sp³-hybridized carbons (Fsp3) is 0.591. The van der Waals surface area contributed by atoms with E-state index in [1.165, 1.54) is 0 Å². The zero-order valence-electron chi connectivity index (χ0n) is 16.9. The number of carbonyl (C=O) groups excluding carboxylic acids is 1. The van der Waals surface area contributed by atoms with E-state index < -0.39 is 0 Å². The summed E-state index contributed by atoms with van der Waals surface area (Å²) in [6.45, 7) is 9.22. The molecule has 2 heterocycles. The molecule has 0 aliphatic carbocycles. The van der Waals surface area contributed by atoms with E-state index in [9.17, 15) is 4.79 Å². The number of anilines is 1. The van der Waals surface area contributed by atoms with Crippen molar-refractivity contribution in [3.8, 4) is 0 Å². The second-order valence-corrected chi connectivity index (χ2v) is 7.80. The number of unbranched alkanes of at least 4 members (excludes halogenated alkanes) is 1. The number of amides is 1. The summed E-state index contributed by atoms with van der Waals surface area (Å²) < 4.78 is 0. The van der Waals surface area contributed by atoms with Crippen LogP contribution in [0.2, 0.25) is 0 Å². The Morgan fingerprint density at radius 1 is 1.26 bits per heavy atom. The average molecular weight is 369 g/mol. The molecule has 0 bridgehead atoms. The number of nitrogens with zero attached hydrogens (tertiary/aromatic N) is 4. The third-order valence-electron chi connectivity index (χ3n) is 5.86. The molecule has 1 unspecified atom stereocenters. The molecule has 2 aromatic rings. The SMILES string of the molecule is CCCCC(=O)N1CCCC1(C)CCN(CC)c1cnc2ccccc2n1. The lowest BCUT2D eigenvalue weighted by molar-refractivity contribution is -0.135. The van der Waals surface area contributed by atoms with E-state index in [4.69, 9.17) is 4.98 Å². The summed E-state index contributed by atoms with van der Waals surface area (Å²) in [4.78, 5) is 26.4. The van der Waals surface area contributed by atoms with Gasteiger partial charge in [-0.25, -0.2) is 4.98 Å². The van der Waals surface area contributed by atoms with Crippen molar-refractivity contribution in [2.24, 2.45) is 0 Å². The lowest BCUT2D eigenvalue weighted by atomic mass is 9.93. The van der Waals surface area contributed by atoms with E-state index in [0.29, 0.717) is 12.3 Å². The maximum Gasteiger partial charge on any atom is 0.223 e. The van der Waals surface area contributed by atoms with Gasteiger partial charge in [-0.05, 0) is 51.7 Å². The first-order chi connectivity index (χ1) is 13.1. The van der Waals surface area contributed by atoms with Gasteiger partial charge in [-0.2, -0.15) is 0 Å². The van der Waals surface area contributed by atoms with Crippen molar-refractivity contribution in [2.75, 3.05) is 24.5 Å². The van der Waals surface area contributed by atoms with Crippen molar-refractivity contribution in [1.29, 1.82) is 0 Å². The Hall–Kier alpha value is -2.17. The van der Waals surface area contributed by atoms with E-state index in [2.05, 4.69) is 35.6 Å². The lowest BCUT2D eigenvalue weighted by Crippen LogP contribution is -2.47. The van der Waals surface area contributed by atoms with Gasteiger partial charge >= 0.3 is 0 Å². The van der Waals surface area contributed by atoms with Gasteiger partial charge in [0.15, 0.2) is 0 Å². The van der Waals surface area contributed by atoms with Crippen LogP contribution >= 0.6 is 0 Å². The first-order valence-corrected chi connectivity index (χ1v) is 10.3. The summed E-state index contributed by atoms with van der Waals surface area (Å²) in [5, 5.41) is 0. The highest BCUT2D eigenvalue weighted by molar-refractivity contribution is 5.77. The van der Waals surface area contributed by atoms with Crippen molar-refractivity contribution in [1.82, 2.24) is 14.9 Å². The summed E-state index contributed by atoms with van der Waals surface area (Å²) in [5.74, 6) is 1.24. The maximum absolute atomic E-state index is 12.6. The van der Waals surface area contributed by atoms with Crippen molar-refractivity contribution >= 4 is 22.8 Å². The van der Waals surface area contributed by atoms with E-state index in [1.807, 2.05) is 30.5 Å². The third-order valence-corrected chi connectivity index (χ3v) is 5.86. The fourth-order valence-electron chi connectivity index (χ4n) is 4.08. The molecule has 1 aromatic heterocycles. The minimum atomic E-state index is -0.0392. The van der Waals surface area contributed by atoms with Gasteiger partial charge in [0.25, 0.3) is 0 Å². The van der Waals surface area contributed by atoms with E-state index in [0.717, 1.165) is 68.6 Å². The zero-order valence-corrected chi connectivity index (χ0v) is 16.9. The Labute approximate surface area is 162 Å². The normalized spacial score (nSPS) is 19.6. The number of para-hydroxylation sites is 2. The van der Waals surface area contributed by atoms with E-state index in [-0.39, 0.29) is 5.54 Å². The molecule has 0 radical (unpaired) electrons. The van der Waals surface area contributed by atoms with Gasteiger partial charge in [-0.1, -0.05) is 25.5 Å². The maximum atomic E-state index is 12.6. The molecular weight excluding hydrogens is 336 g/mol. The third kappa shape index (κ3) is 4.40. The Balaban J connectivity index is 1.69. The van der Waals surface area contributed by atoms with Crippen molar-refractivity contribution in [3.05, 3.63) is 30.5 Å². The number of fused-ring (bicyclic) bond motifs is 1. The molecule has 1 saturated heterocycles. The molecule has 0 saturated carbocycles. The second kappa shape index (κ2) is 8.68. The highest BCUT2D eigenvalue weighted by Gasteiger charge is 2.39. The summed E-state index contributed by atoms with van der Waals surface area (Å²) in [7, 11) is 0. The summed E-state index contributed by atoms with van der Waals surface area (Å²) in [5.41, 5.74) is 1.81. The summed E-state index contributed by atoms with van der Waals surface area (Å²) in [6, 6.07) is 7.98. The number of hydrogen-bond acceptors (Lipinski definition) is 4. The van der Waals surface area contributed by atoms with Crippen LogP contribution in [0.25, 0.3) is 11.0 Å². The zero-order chi connectivity index (χ0) is 19.3. The van der Waals surface area contributed by atoms with Crippen LogP contribution in [0.5, 0.6) is 0 Å². The first kappa shape index (κ1) is 19.6. The van der Waals surface area contributed by atoms with Crippen LogP contribution in [0.4, 0.5) is 5.82 Å². The predicted molar refractivity (Wildman–Crippen MR) is 111 cm³/mol. The highest BCUT2D eigenvalue weighted by atomic mass is 16.2. The lowest BCUT2D eigenvalue weighted by Gasteiger charge is -2.37. The summed E-state index contributed by atoms with van der Waals surface area (Å²) >= 11 is 0. The molecule has 1 aromatic carbocycles. The molecule has 1 aliphatic rings. The quantitative estimate of drug-likeness (QED) is 0.692. The molecule has 5 nitrogen and oxygen atoms in total. The van der Waals surface area contributed by atoms with Crippen LogP contribution in [0.15, 0.2) is 30.5 Å². The molecular formula is C22H32N4O. The molecule has 1 fully saturated rings. The van der Waals surface area contributed by atoms with E-state index in [1.54, 1.807) is 0 Å². The van der Waals surface area contributed by atoms with Gasteiger partial charge in [-0.15, -0.1) is 0 Å². The van der Waals surface area contributed by atoms with Crippen molar-refractivity contribution in [3.63, 3.8) is 0 Å². The van der Waals surface area contributed by atoms with Crippen LogP contribution in [0.3, 0.4) is 0 Å². The average Bonchev–Trinajstić information content (AvgIpc) is 3.08. The molecule has 1 amide bonds. The Morgan fingerprint density at radius 3 is 2.78 bits per heavy atom. The highest BCUT2D eigenvalue weighted by Crippen LogP contribution is 2.33. The molecule has 5 heteroatoms. The van der Waals surface area contributed by atoms with Crippen LogP contribution in [-0.2, 0) is 4.79 Å². The molecule has 3 rings (SSSR count). The number of rotatable bonds is 8. The largest absolute Gasteiger partial charge is 0.356 e. The Kier molecular flexibility index (Phi) is 6.30. The monoisotopic (exact) mass is 368 g/mol. The number of aromatic nitrogens is 2. The minimum Gasteiger partial charge on any atom is -0.356 e. The first-order valence-electron chi connectivity index (χ1n) is 10.3. The molecule has 27 heavy (non-hydrogen) atoms.